The van der Waals surface area contributed by atoms with Crippen LogP contribution in [0.2, 0.25) is 0 Å². The average molecular weight is 681 g/mol. The van der Waals surface area contributed by atoms with Gasteiger partial charge in [-0.2, -0.15) is 0 Å². The van der Waals surface area contributed by atoms with Gasteiger partial charge in [0.2, 0.25) is 0 Å². The Bertz CT molecular complexity index is 1540. The van der Waals surface area contributed by atoms with Crippen LogP contribution < -0.4 is 0 Å². The van der Waals surface area contributed by atoms with Crippen LogP contribution in [0.15, 0.2) is 132 Å². The monoisotopic (exact) mass is 680 g/mol. The Morgan fingerprint density at radius 1 is 0.755 bits per heavy atom. The molecule has 0 spiro atoms. The first-order valence-corrected chi connectivity index (χ1v) is 18.1. The normalized spacial score (nSPS) is 21.7. The Hall–Kier alpha value is -3.23. The van der Waals surface area contributed by atoms with E-state index in [0.29, 0.717) is 26.4 Å². The third-order valence-electron chi connectivity index (χ3n) is 9.27. The number of hydrogen-bond donors (Lipinski definition) is 0. The van der Waals surface area contributed by atoms with Crippen molar-refractivity contribution in [3.8, 4) is 0 Å². The molecule has 1 fully saturated rings. The molecular formula is C43H52O5S. The first-order valence-electron chi connectivity index (χ1n) is 17.2. The molecule has 1 heterocycles. The molecule has 1 aliphatic rings. The second-order valence-electron chi connectivity index (χ2n) is 13.7. The molecule has 0 amide bonds. The van der Waals surface area contributed by atoms with Crippen molar-refractivity contribution in [3.05, 3.63) is 150 Å². The van der Waals surface area contributed by atoms with Crippen molar-refractivity contribution < 1.29 is 23.7 Å². The highest BCUT2D eigenvalue weighted by molar-refractivity contribution is 8.00. The lowest BCUT2D eigenvalue weighted by atomic mass is 9.74. The van der Waals surface area contributed by atoms with Gasteiger partial charge in [-0.3, -0.25) is 0 Å². The molecule has 5 rings (SSSR count). The van der Waals surface area contributed by atoms with Crippen LogP contribution in [-0.4, -0.2) is 49.5 Å². The summed E-state index contributed by atoms with van der Waals surface area (Å²) in [6.45, 7) is 14.6. The summed E-state index contributed by atoms with van der Waals surface area (Å²) in [6, 6.07) is 39.6. The summed E-state index contributed by atoms with van der Waals surface area (Å²) < 4.78 is 33.9. The Balaban J connectivity index is 1.55. The largest absolute Gasteiger partial charge is 0.380 e. The lowest BCUT2D eigenvalue weighted by molar-refractivity contribution is -0.244. The maximum Gasteiger partial charge on any atom is 0.114 e. The maximum absolute atomic E-state index is 7.28. The van der Waals surface area contributed by atoms with Gasteiger partial charge >= 0.3 is 0 Å². The maximum atomic E-state index is 7.28. The Morgan fingerprint density at radius 2 is 1.27 bits per heavy atom. The predicted molar refractivity (Wildman–Crippen MR) is 200 cm³/mol. The molecule has 0 unspecified atom stereocenters. The van der Waals surface area contributed by atoms with Crippen LogP contribution in [0.4, 0.5) is 0 Å². The minimum atomic E-state index is -0.424. The molecule has 0 aliphatic carbocycles. The third kappa shape index (κ3) is 10.4. The van der Waals surface area contributed by atoms with E-state index in [1.165, 1.54) is 5.56 Å². The summed E-state index contributed by atoms with van der Waals surface area (Å²) in [5, 5.41) is -0.129. The minimum absolute atomic E-state index is 0.126. The van der Waals surface area contributed by atoms with Crippen LogP contribution in [0.3, 0.4) is 0 Å². The quantitative estimate of drug-likeness (QED) is 0.104. The molecule has 6 atom stereocenters. The number of aryl methyl sites for hydroxylation is 1. The lowest BCUT2D eigenvalue weighted by Gasteiger charge is -2.52. The topological polar surface area (TPSA) is 46.2 Å². The molecule has 0 saturated carbocycles. The molecule has 1 aliphatic heterocycles. The summed E-state index contributed by atoms with van der Waals surface area (Å²) in [4.78, 5) is 1.16. The van der Waals surface area contributed by atoms with Crippen LogP contribution in [-0.2, 0) is 43.5 Å². The van der Waals surface area contributed by atoms with Gasteiger partial charge < -0.3 is 23.7 Å². The van der Waals surface area contributed by atoms with E-state index >= 15 is 0 Å². The third-order valence-corrected chi connectivity index (χ3v) is 10.6. The zero-order valence-electron chi connectivity index (χ0n) is 29.6. The van der Waals surface area contributed by atoms with E-state index in [1.54, 1.807) is 18.9 Å². The molecule has 49 heavy (non-hydrogen) atoms. The smallest absolute Gasteiger partial charge is 0.114 e. The summed E-state index contributed by atoms with van der Waals surface area (Å²) in [7, 11) is 1.79. The van der Waals surface area contributed by atoms with Gasteiger partial charge in [-0.15, -0.1) is 18.3 Å². The Morgan fingerprint density at radius 3 is 1.78 bits per heavy atom. The number of methoxy groups -OCH3 is 1. The zero-order valence-corrected chi connectivity index (χ0v) is 30.4. The van der Waals surface area contributed by atoms with Crippen LogP contribution >= 0.6 is 11.8 Å². The van der Waals surface area contributed by atoms with E-state index < -0.39 is 17.6 Å². The SMILES string of the molecule is C=C(C)C[C@H](OC)C(C)(C)[C@@H]1O[C@H](COCc2ccccc2)[C@@H](OCc2ccccc2)[C@H](OCc2ccccc2)[C@H]1Sc1ccc(C)cc1. The lowest BCUT2D eigenvalue weighted by Crippen LogP contribution is -2.64. The number of thioether (sulfide) groups is 1. The fourth-order valence-corrected chi connectivity index (χ4v) is 8.01. The molecule has 0 radical (unpaired) electrons. The zero-order chi connectivity index (χ0) is 34.6. The van der Waals surface area contributed by atoms with Gasteiger partial charge in [0.15, 0.2) is 0 Å². The van der Waals surface area contributed by atoms with E-state index in [4.69, 9.17) is 23.7 Å². The van der Waals surface area contributed by atoms with E-state index in [1.807, 2.05) is 42.5 Å². The van der Waals surface area contributed by atoms with Crippen molar-refractivity contribution in [2.45, 2.75) is 94.6 Å². The van der Waals surface area contributed by atoms with Gasteiger partial charge in [0.05, 0.1) is 43.9 Å². The van der Waals surface area contributed by atoms with Crippen molar-refractivity contribution in [2.24, 2.45) is 5.41 Å². The minimum Gasteiger partial charge on any atom is -0.380 e. The summed E-state index contributed by atoms with van der Waals surface area (Å²) >= 11 is 1.80. The van der Waals surface area contributed by atoms with Gasteiger partial charge in [0.1, 0.15) is 18.3 Å². The van der Waals surface area contributed by atoms with Gasteiger partial charge in [0.25, 0.3) is 0 Å². The molecular weight excluding hydrogens is 629 g/mol. The fourth-order valence-electron chi connectivity index (χ4n) is 6.49. The Kier molecular flexibility index (Phi) is 13.7. The van der Waals surface area contributed by atoms with E-state index in [0.717, 1.165) is 33.6 Å². The molecule has 5 nitrogen and oxygen atoms in total. The summed E-state index contributed by atoms with van der Waals surface area (Å²) in [5.74, 6) is 0. The first-order chi connectivity index (χ1) is 23.7. The number of hydrogen-bond acceptors (Lipinski definition) is 6. The molecule has 0 aromatic heterocycles. The first kappa shape index (κ1) is 37.0. The second-order valence-corrected chi connectivity index (χ2v) is 15.0. The Labute approximate surface area is 298 Å². The highest BCUT2D eigenvalue weighted by atomic mass is 32.2. The van der Waals surface area contributed by atoms with Crippen LogP contribution in [0.25, 0.3) is 0 Å². The molecule has 260 valence electrons. The molecule has 0 N–H and O–H groups in total. The second kappa shape index (κ2) is 18.1. The van der Waals surface area contributed by atoms with Crippen molar-refractivity contribution in [1.82, 2.24) is 0 Å². The van der Waals surface area contributed by atoms with E-state index in [2.05, 4.69) is 107 Å². The van der Waals surface area contributed by atoms with Crippen LogP contribution in [0, 0.1) is 12.3 Å². The summed E-state index contributed by atoms with van der Waals surface area (Å²) in [6.07, 6.45) is -0.805. The van der Waals surface area contributed by atoms with Gasteiger partial charge in [0, 0.05) is 17.4 Å². The van der Waals surface area contributed by atoms with Crippen molar-refractivity contribution >= 4 is 11.8 Å². The van der Waals surface area contributed by atoms with Crippen LogP contribution in [0.5, 0.6) is 0 Å². The number of rotatable bonds is 17. The molecule has 4 aromatic carbocycles. The molecule has 0 bridgehead atoms. The van der Waals surface area contributed by atoms with E-state index in [9.17, 15) is 0 Å². The van der Waals surface area contributed by atoms with Crippen molar-refractivity contribution in [3.63, 3.8) is 0 Å². The molecule has 1 saturated heterocycles. The van der Waals surface area contributed by atoms with Gasteiger partial charge in [-0.25, -0.2) is 0 Å². The number of benzene rings is 4. The predicted octanol–water partition coefficient (Wildman–Crippen LogP) is 9.62. The van der Waals surface area contributed by atoms with Gasteiger partial charge in [-0.05, 0) is 49.1 Å². The highest BCUT2D eigenvalue weighted by Gasteiger charge is 2.54. The van der Waals surface area contributed by atoms with Crippen LogP contribution in [0.1, 0.15) is 49.4 Å². The number of ether oxygens (including phenoxy) is 5. The van der Waals surface area contributed by atoms with Crippen molar-refractivity contribution in [2.75, 3.05) is 13.7 Å². The average Bonchev–Trinajstić information content (AvgIpc) is 3.11. The molecule has 6 heteroatoms. The standard InChI is InChI=1S/C43H52O5S/c1-31(2)26-38(44-6)43(4,5)42-41(49-36-24-22-32(3)23-25-36)40(47-29-35-20-14-9-15-21-35)39(46-28-34-18-12-8-13-19-34)37(48-42)30-45-27-33-16-10-7-11-17-33/h7-25,37-42H,1,26-30H2,2-6H3/t37-,38+,39-,40+,41-,42-/m1/s1. The van der Waals surface area contributed by atoms with E-state index in [-0.39, 0.29) is 23.6 Å². The molecule has 4 aromatic rings. The van der Waals surface area contributed by atoms with Crippen molar-refractivity contribution in [1.29, 1.82) is 0 Å². The van der Waals surface area contributed by atoms with Gasteiger partial charge in [-0.1, -0.05) is 128 Å². The fraction of sp³-hybridized carbons (Fsp3) is 0.395. The highest BCUT2D eigenvalue weighted by Crippen LogP contribution is 2.47. The summed E-state index contributed by atoms with van der Waals surface area (Å²) in [5.41, 5.74) is 5.19.